The van der Waals surface area contributed by atoms with Crippen LogP contribution >= 0.6 is 15.9 Å². The fourth-order valence-electron chi connectivity index (χ4n) is 1.19. The molecule has 1 N–H and O–H groups in total. The highest BCUT2D eigenvalue weighted by molar-refractivity contribution is 9.10. The number of amides is 1. The molecule has 2 aromatic rings. The number of hydrogen-bond donors (Lipinski definition) is 1. The van der Waals surface area contributed by atoms with E-state index in [1.165, 1.54) is 0 Å². The second kappa shape index (κ2) is 4.44. The molecular formula is C10H9BrN4O. The summed E-state index contributed by atoms with van der Waals surface area (Å²) in [6.45, 7) is 0. The average molecular weight is 281 g/mol. The van der Waals surface area contributed by atoms with Gasteiger partial charge in [-0.2, -0.15) is 5.10 Å². The number of anilines is 1. The van der Waals surface area contributed by atoms with Gasteiger partial charge in [0.25, 0.3) is 5.91 Å². The number of carbonyl (C=O) groups excluding carboxylic acids is 1. The molecule has 0 radical (unpaired) electrons. The van der Waals surface area contributed by atoms with Gasteiger partial charge < -0.3 is 5.32 Å². The van der Waals surface area contributed by atoms with Gasteiger partial charge in [0, 0.05) is 23.8 Å². The second-order valence-corrected chi connectivity index (χ2v) is 4.07. The van der Waals surface area contributed by atoms with Crippen LogP contribution in [0.1, 0.15) is 10.5 Å². The number of carbonyl (C=O) groups is 1. The summed E-state index contributed by atoms with van der Waals surface area (Å²) in [5.41, 5.74) is 0.365. The minimum Gasteiger partial charge on any atom is -0.305 e. The van der Waals surface area contributed by atoms with E-state index < -0.39 is 0 Å². The van der Waals surface area contributed by atoms with E-state index in [1.807, 2.05) is 0 Å². The molecule has 1 amide bonds. The van der Waals surface area contributed by atoms with E-state index in [1.54, 1.807) is 42.3 Å². The number of hydrogen-bond acceptors (Lipinski definition) is 3. The van der Waals surface area contributed by atoms with Crippen LogP contribution in [0, 0.1) is 0 Å². The van der Waals surface area contributed by atoms with Crippen molar-refractivity contribution in [2.45, 2.75) is 0 Å². The molecular weight excluding hydrogens is 272 g/mol. The predicted octanol–water partition coefficient (Wildman–Crippen LogP) is 1.83. The molecule has 0 saturated carbocycles. The Hall–Kier alpha value is -1.69. The van der Waals surface area contributed by atoms with Crippen molar-refractivity contribution in [2.75, 3.05) is 5.32 Å². The Kier molecular flexibility index (Phi) is 3.00. The van der Waals surface area contributed by atoms with Gasteiger partial charge in [0.1, 0.15) is 11.5 Å². The maximum atomic E-state index is 11.7. The van der Waals surface area contributed by atoms with Gasteiger partial charge in [-0.05, 0) is 28.1 Å². The standard InChI is InChI=1S/C10H9BrN4O/c1-15-9(4-5-13-15)14-10(16)8-3-2-7(11)6-12-8/h2-6H,1H3,(H,14,16). The fraction of sp³-hybridized carbons (Fsp3) is 0.100. The van der Waals surface area contributed by atoms with E-state index in [4.69, 9.17) is 0 Å². The Morgan fingerprint density at radius 3 is 2.81 bits per heavy atom. The second-order valence-electron chi connectivity index (χ2n) is 3.16. The van der Waals surface area contributed by atoms with E-state index in [-0.39, 0.29) is 5.91 Å². The molecule has 2 rings (SSSR count). The quantitative estimate of drug-likeness (QED) is 0.913. The van der Waals surface area contributed by atoms with Gasteiger partial charge in [0.15, 0.2) is 0 Å². The lowest BCUT2D eigenvalue weighted by Gasteiger charge is -2.04. The molecule has 82 valence electrons. The first-order valence-corrected chi connectivity index (χ1v) is 5.37. The molecule has 2 aromatic heterocycles. The van der Waals surface area contributed by atoms with Crippen molar-refractivity contribution in [3.05, 3.63) is 40.8 Å². The number of aryl methyl sites for hydroxylation is 1. The van der Waals surface area contributed by atoms with Crippen molar-refractivity contribution in [2.24, 2.45) is 7.05 Å². The molecule has 5 nitrogen and oxygen atoms in total. The minimum absolute atomic E-state index is 0.254. The molecule has 0 aliphatic rings. The molecule has 2 heterocycles. The van der Waals surface area contributed by atoms with Gasteiger partial charge in [-0.3, -0.25) is 9.48 Å². The molecule has 0 atom stereocenters. The smallest absolute Gasteiger partial charge is 0.275 e. The Labute approximate surface area is 101 Å². The molecule has 0 fully saturated rings. The summed E-state index contributed by atoms with van der Waals surface area (Å²) in [6.07, 6.45) is 3.20. The zero-order chi connectivity index (χ0) is 11.5. The highest BCUT2D eigenvalue weighted by Crippen LogP contribution is 2.09. The SMILES string of the molecule is Cn1nccc1NC(=O)c1ccc(Br)cn1. The summed E-state index contributed by atoms with van der Waals surface area (Å²) < 4.78 is 2.42. The van der Waals surface area contributed by atoms with Gasteiger partial charge in [-0.1, -0.05) is 0 Å². The van der Waals surface area contributed by atoms with Crippen LogP contribution in [-0.2, 0) is 7.05 Å². The predicted molar refractivity (Wildman–Crippen MR) is 63.1 cm³/mol. The van der Waals surface area contributed by atoms with Crippen LogP contribution in [0.2, 0.25) is 0 Å². The van der Waals surface area contributed by atoms with Gasteiger partial charge >= 0.3 is 0 Å². The van der Waals surface area contributed by atoms with E-state index in [2.05, 4.69) is 31.3 Å². The Bertz CT molecular complexity index is 506. The first kappa shape index (κ1) is 10.8. The lowest BCUT2D eigenvalue weighted by Crippen LogP contribution is -2.15. The van der Waals surface area contributed by atoms with Gasteiger partial charge in [0.2, 0.25) is 0 Å². The summed E-state index contributed by atoms with van der Waals surface area (Å²) in [5.74, 6) is 0.380. The van der Waals surface area contributed by atoms with Crippen molar-refractivity contribution in [3.8, 4) is 0 Å². The van der Waals surface area contributed by atoms with Gasteiger partial charge in [0.05, 0.1) is 6.20 Å². The fourth-order valence-corrected chi connectivity index (χ4v) is 1.42. The summed E-state index contributed by atoms with van der Waals surface area (Å²) in [7, 11) is 1.75. The maximum absolute atomic E-state index is 11.7. The number of nitrogens with zero attached hydrogens (tertiary/aromatic N) is 3. The highest BCUT2D eigenvalue weighted by atomic mass is 79.9. The first-order chi connectivity index (χ1) is 7.66. The van der Waals surface area contributed by atoms with E-state index in [0.29, 0.717) is 11.5 Å². The van der Waals surface area contributed by atoms with Crippen molar-refractivity contribution >= 4 is 27.7 Å². The third kappa shape index (κ3) is 2.27. The Morgan fingerprint density at radius 1 is 1.44 bits per heavy atom. The van der Waals surface area contributed by atoms with Crippen molar-refractivity contribution in [1.82, 2.24) is 14.8 Å². The number of pyridine rings is 1. The molecule has 6 heteroatoms. The molecule has 0 saturated heterocycles. The number of nitrogens with one attached hydrogen (secondary N) is 1. The highest BCUT2D eigenvalue weighted by Gasteiger charge is 2.08. The average Bonchev–Trinajstić information content (AvgIpc) is 2.65. The van der Waals surface area contributed by atoms with Crippen molar-refractivity contribution in [1.29, 1.82) is 0 Å². The largest absolute Gasteiger partial charge is 0.305 e. The summed E-state index contributed by atoms with van der Waals surface area (Å²) in [4.78, 5) is 15.7. The van der Waals surface area contributed by atoms with E-state index in [0.717, 1.165) is 4.47 Å². The normalized spacial score (nSPS) is 10.1. The summed E-state index contributed by atoms with van der Waals surface area (Å²) >= 11 is 3.26. The molecule has 0 spiro atoms. The third-order valence-electron chi connectivity index (χ3n) is 2.02. The third-order valence-corrected chi connectivity index (χ3v) is 2.49. The lowest BCUT2D eigenvalue weighted by atomic mass is 10.3. The minimum atomic E-state index is -0.254. The summed E-state index contributed by atoms with van der Waals surface area (Å²) in [6, 6.07) is 5.14. The number of rotatable bonds is 2. The molecule has 0 aromatic carbocycles. The van der Waals surface area contributed by atoms with Crippen molar-refractivity contribution in [3.63, 3.8) is 0 Å². The topological polar surface area (TPSA) is 59.8 Å². The number of aromatic nitrogens is 3. The van der Waals surface area contributed by atoms with Crippen LogP contribution < -0.4 is 5.32 Å². The Morgan fingerprint density at radius 2 is 2.25 bits per heavy atom. The van der Waals surface area contributed by atoms with Crippen LogP contribution in [0.15, 0.2) is 35.1 Å². The van der Waals surface area contributed by atoms with Crippen LogP contribution in [-0.4, -0.2) is 20.7 Å². The van der Waals surface area contributed by atoms with E-state index >= 15 is 0 Å². The van der Waals surface area contributed by atoms with E-state index in [9.17, 15) is 4.79 Å². The molecule has 0 unspecified atom stereocenters. The lowest BCUT2D eigenvalue weighted by molar-refractivity contribution is 0.102. The summed E-state index contributed by atoms with van der Waals surface area (Å²) in [5, 5.41) is 6.66. The monoisotopic (exact) mass is 280 g/mol. The van der Waals surface area contributed by atoms with Crippen molar-refractivity contribution < 1.29 is 4.79 Å². The molecule has 0 aliphatic heterocycles. The molecule has 0 bridgehead atoms. The van der Waals surface area contributed by atoms with Gasteiger partial charge in [-0.15, -0.1) is 0 Å². The first-order valence-electron chi connectivity index (χ1n) is 4.58. The zero-order valence-electron chi connectivity index (χ0n) is 8.51. The number of halogens is 1. The molecule has 0 aliphatic carbocycles. The molecule has 16 heavy (non-hydrogen) atoms. The van der Waals surface area contributed by atoms with Gasteiger partial charge in [-0.25, -0.2) is 4.98 Å². The Balaban J connectivity index is 2.15. The van der Waals surface area contributed by atoms with Crippen LogP contribution in [0.5, 0.6) is 0 Å². The van der Waals surface area contributed by atoms with Crippen LogP contribution in [0.4, 0.5) is 5.82 Å². The van der Waals surface area contributed by atoms with Crippen LogP contribution in [0.25, 0.3) is 0 Å². The maximum Gasteiger partial charge on any atom is 0.275 e. The zero-order valence-corrected chi connectivity index (χ0v) is 10.1. The van der Waals surface area contributed by atoms with Crippen LogP contribution in [0.3, 0.4) is 0 Å².